The molecule has 0 aliphatic carbocycles. The topological polar surface area (TPSA) is 56.0 Å². The third-order valence-corrected chi connectivity index (χ3v) is 2.77. The van der Waals surface area contributed by atoms with Gasteiger partial charge in [0.2, 0.25) is 0 Å². The summed E-state index contributed by atoms with van der Waals surface area (Å²) in [4.78, 5) is 0. The van der Waals surface area contributed by atoms with Crippen molar-refractivity contribution >= 4 is 0 Å². The van der Waals surface area contributed by atoms with Crippen molar-refractivity contribution in [3.63, 3.8) is 0 Å². The van der Waals surface area contributed by atoms with Crippen LogP contribution in [0.2, 0.25) is 0 Å². The molecule has 2 atom stereocenters. The van der Waals surface area contributed by atoms with E-state index in [4.69, 9.17) is 5.26 Å². The van der Waals surface area contributed by atoms with Gasteiger partial charge < -0.3 is 5.11 Å². The minimum atomic E-state index is -0.212. The average Bonchev–Trinajstić information content (AvgIpc) is 2.35. The Morgan fingerprint density at radius 3 is 2.41 bits per heavy atom. The van der Waals surface area contributed by atoms with Gasteiger partial charge in [-0.25, -0.2) is 0 Å². The fraction of sp³-hybridized carbons (Fsp3) is 0.500. The van der Waals surface area contributed by atoms with E-state index in [0.29, 0.717) is 0 Å². The molecule has 0 heterocycles. The van der Waals surface area contributed by atoms with Crippen LogP contribution in [0.3, 0.4) is 0 Å². The van der Waals surface area contributed by atoms with Crippen molar-refractivity contribution in [1.29, 1.82) is 5.26 Å². The van der Waals surface area contributed by atoms with Crippen LogP contribution in [0.15, 0.2) is 30.3 Å². The minimum Gasteiger partial charge on any atom is -0.395 e. The van der Waals surface area contributed by atoms with E-state index in [1.807, 2.05) is 44.2 Å². The summed E-state index contributed by atoms with van der Waals surface area (Å²) in [7, 11) is 0. The van der Waals surface area contributed by atoms with Crippen molar-refractivity contribution in [2.75, 3.05) is 6.61 Å². The molecule has 0 aromatic heterocycles. The molecule has 0 aliphatic rings. The van der Waals surface area contributed by atoms with Gasteiger partial charge in [-0.05, 0) is 17.9 Å². The van der Waals surface area contributed by atoms with E-state index < -0.39 is 0 Å². The Kier molecular flexibility index (Phi) is 5.68. The average molecular weight is 232 g/mol. The molecule has 17 heavy (non-hydrogen) atoms. The zero-order valence-electron chi connectivity index (χ0n) is 10.4. The first kappa shape index (κ1) is 13.7. The Morgan fingerprint density at radius 2 is 1.94 bits per heavy atom. The molecule has 0 radical (unpaired) electrons. The second-order valence-electron chi connectivity index (χ2n) is 4.59. The van der Waals surface area contributed by atoms with E-state index in [2.05, 4.69) is 11.4 Å². The number of hydrogen-bond acceptors (Lipinski definition) is 3. The number of aliphatic hydroxyl groups excluding tert-OH is 1. The van der Waals surface area contributed by atoms with Gasteiger partial charge in [0, 0.05) is 6.04 Å². The maximum Gasteiger partial charge on any atom is 0.0979 e. The van der Waals surface area contributed by atoms with Crippen LogP contribution < -0.4 is 5.32 Å². The largest absolute Gasteiger partial charge is 0.395 e. The van der Waals surface area contributed by atoms with Gasteiger partial charge in [0.1, 0.15) is 0 Å². The maximum absolute atomic E-state index is 9.34. The molecule has 0 fully saturated rings. The van der Waals surface area contributed by atoms with Crippen molar-refractivity contribution in [2.45, 2.75) is 32.4 Å². The minimum absolute atomic E-state index is 0.0415. The zero-order valence-corrected chi connectivity index (χ0v) is 10.4. The van der Waals surface area contributed by atoms with E-state index in [-0.39, 0.29) is 24.6 Å². The second-order valence-corrected chi connectivity index (χ2v) is 4.59. The van der Waals surface area contributed by atoms with E-state index >= 15 is 0 Å². The summed E-state index contributed by atoms with van der Waals surface area (Å²) in [6, 6.07) is 11.9. The number of benzene rings is 1. The molecule has 1 aromatic carbocycles. The molecule has 2 N–H and O–H groups in total. The molecule has 3 heteroatoms. The van der Waals surface area contributed by atoms with Gasteiger partial charge in [-0.2, -0.15) is 5.26 Å². The van der Waals surface area contributed by atoms with Gasteiger partial charge in [-0.1, -0.05) is 44.2 Å². The van der Waals surface area contributed by atoms with Crippen molar-refractivity contribution in [3.8, 4) is 6.07 Å². The molecule has 3 nitrogen and oxygen atoms in total. The van der Waals surface area contributed by atoms with Gasteiger partial charge in [-0.3, -0.25) is 5.32 Å². The predicted octanol–water partition coefficient (Wildman–Crippen LogP) is 1.73. The summed E-state index contributed by atoms with van der Waals surface area (Å²) >= 11 is 0. The molecule has 0 unspecified atom stereocenters. The number of hydrogen-bond donors (Lipinski definition) is 2. The smallest absolute Gasteiger partial charge is 0.0979 e. The lowest BCUT2D eigenvalue weighted by Crippen LogP contribution is -2.43. The van der Waals surface area contributed by atoms with Crippen molar-refractivity contribution in [2.24, 2.45) is 5.92 Å². The normalized spacial score (nSPS) is 14.3. The first-order valence-electron chi connectivity index (χ1n) is 5.97. The van der Waals surface area contributed by atoms with Crippen LogP contribution in [0.5, 0.6) is 0 Å². The molecular formula is C14H20N2O. The quantitative estimate of drug-likeness (QED) is 0.785. The summed E-state index contributed by atoms with van der Waals surface area (Å²) in [6.45, 7) is 4.04. The molecule has 0 saturated heterocycles. The van der Waals surface area contributed by atoms with Crippen LogP contribution >= 0.6 is 0 Å². The number of nitrogens with zero attached hydrogens (tertiary/aromatic N) is 1. The SMILES string of the molecule is CC(C)[C@H](C#N)N[C@H](CO)Cc1ccccc1. The van der Waals surface area contributed by atoms with Crippen molar-refractivity contribution in [3.05, 3.63) is 35.9 Å². The van der Waals surface area contributed by atoms with Crippen LogP contribution in [0.4, 0.5) is 0 Å². The molecule has 0 aliphatic heterocycles. The van der Waals surface area contributed by atoms with Crippen LogP contribution in [0.25, 0.3) is 0 Å². The molecule has 0 saturated carbocycles. The Balaban J connectivity index is 2.58. The molecule has 0 spiro atoms. The van der Waals surface area contributed by atoms with E-state index in [9.17, 15) is 5.11 Å². The third-order valence-electron chi connectivity index (χ3n) is 2.77. The van der Waals surface area contributed by atoms with Crippen LogP contribution in [-0.4, -0.2) is 23.8 Å². The fourth-order valence-electron chi connectivity index (χ4n) is 1.71. The fourth-order valence-corrected chi connectivity index (χ4v) is 1.71. The Labute approximate surface area is 103 Å². The Hall–Kier alpha value is -1.37. The zero-order chi connectivity index (χ0) is 12.7. The van der Waals surface area contributed by atoms with Gasteiger partial charge in [0.25, 0.3) is 0 Å². The van der Waals surface area contributed by atoms with E-state index in [0.717, 1.165) is 6.42 Å². The summed E-state index contributed by atoms with van der Waals surface area (Å²) in [5.74, 6) is 0.241. The highest BCUT2D eigenvalue weighted by Crippen LogP contribution is 2.06. The summed E-state index contributed by atoms with van der Waals surface area (Å²) in [5, 5.41) is 21.5. The highest BCUT2D eigenvalue weighted by atomic mass is 16.3. The Bertz CT molecular complexity index is 356. The number of aliphatic hydroxyl groups is 1. The first-order valence-corrected chi connectivity index (χ1v) is 5.97. The van der Waals surface area contributed by atoms with Crippen LogP contribution in [-0.2, 0) is 6.42 Å². The number of nitriles is 1. The molecule has 1 rings (SSSR count). The highest BCUT2D eigenvalue weighted by molar-refractivity contribution is 5.16. The van der Waals surface area contributed by atoms with E-state index in [1.165, 1.54) is 5.56 Å². The summed E-state index contributed by atoms with van der Waals surface area (Å²) in [6.07, 6.45) is 0.738. The molecule has 0 bridgehead atoms. The molecular weight excluding hydrogens is 212 g/mol. The maximum atomic E-state index is 9.34. The number of rotatable bonds is 6. The van der Waals surface area contributed by atoms with E-state index in [1.54, 1.807) is 0 Å². The molecule has 0 amide bonds. The van der Waals surface area contributed by atoms with Gasteiger partial charge in [0.05, 0.1) is 18.7 Å². The Morgan fingerprint density at radius 1 is 1.29 bits per heavy atom. The first-order chi connectivity index (χ1) is 8.17. The second kappa shape index (κ2) is 7.05. The summed E-state index contributed by atoms with van der Waals surface area (Å²) < 4.78 is 0. The highest BCUT2D eigenvalue weighted by Gasteiger charge is 2.17. The lowest BCUT2D eigenvalue weighted by molar-refractivity contribution is 0.229. The van der Waals surface area contributed by atoms with Crippen molar-refractivity contribution < 1.29 is 5.11 Å². The van der Waals surface area contributed by atoms with Gasteiger partial charge in [0.15, 0.2) is 0 Å². The van der Waals surface area contributed by atoms with Crippen LogP contribution in [0.1, 0.15) is 19.4 Å². The third kappa shape index (κ3) is 4.56. The van der Waals surface area contributed by atoms with Crippen LogP contribution in [0, 0.1) is 17.2 Å². The van der Waals surface area contributed by atoms with Gasteiger partial charge >= 0.3 is 0 Å². The number of nitrogens with one attached hydrogen (secondary N) is 1. The lowest BCUT2D eigenvalue weighted by Gasteiger charge is -2.22. The molecule has 92 valence electrons. The van der Waals surface area contributed by atoms with Crippen molar-refractivity contribution in [1.82, 2.24) is 5.32 Å². The standard InChI is InChI=1S/C14H20N2O/c1-11(2)14(9-15)16-13(10-17)8-12-6-4-3-5-7-12/h3-7,11,13-14,16-17H,8,10H2,1-2H3/t13-,14-/m0/s1. The lowest BCUT2D eigenvalue weighted by atomic mass is 10.0. The molecule has 1 aromatic rings. The van der Waals surface area contributed by atoms with Gasteiger partial charge in [-0.15, -0.1) is 0 Å². The monoisotopic (exact) mass is 232 g/mol. The predicted molar refractivity (Wildman–Crippen MR) is 68.4 cm³/mol. The summed E-state index contributed by atoms with van der Waals surface area (Å²) in [5.41, 5.74) is 1.17.